The van der Waals surface area contributed by atoms with E-state index in [1.165, 1.54) is 4.90 Å². The standard InChI is InChI=1S/C12H20N2O6/c1-7-9(5-6-20-7)14(2)12(19)13-8(11(17)18)3-4-10(15)16/h7-9H,3-6H2,1-2H3,(H,13,19)(H,15,16)(H,17,18)/t7?,8-,9?/m0/s1. The highest BCUT2D eigenvalue weighted by Crippen LogP contribution is 2.18. The molecule has 0 aliphatic carbocycles. The van der Waals surface area contributed by atoms with E-state index in [1.807, 2.05) is 6.92 Å². The van der Waals surface area contributed by atoms with Crippen LogP contribution < -0.4 is 5.32 Å². The van der Waals surface area contributed by atoms with Crippen molar-refractivity contribution >= 4 is 18.0 Å². The van der Waals surface area contributed by atoms with Crippen LogP contribution in [-0.4, -0.2) is 64.9 Å². The number of carboxylic acid groups (broad SMARTS) is 2. The van der Waals surface area contributed by atoms with E-state index in [-0.39, 0.29) is 25.0 Å². The first-order valence-corrected chi connectivity index (χ1v) is 6.42. The molecule has 2 unspecified atom stereocenters. The van der Waals surface area contributed by atoms with E-state index in [1.54, 1.807) is 7.05 Å². The van der Waals surface area contributed by atoms with Crippen LogP contribution in [-0.2, 0) is 14.3 Å². The summed E-state index contributed by atoms with van der Waals surface area (Å²) in [6, 6.07) is -1.85. The minimum absolute atomic E-state index is 0.104. The van der Waals surface area contributed by atoms with Crippen molar-refractivity contribution in [3.63, 3.8) is 0 Å². The molecular weight excluding hydrogens is 268 g/mol. The molecule has 0 bridgehead atoms. The smallest absolute Gasteiger partial charge is 0.326 e. The van der Waals surface area contributed by atoms with Gasteiger partial charge in [0.2, 0.25) is 0 Å². The van der Waals surface area contributed by atoms with Crippen LogP contribution in [0.1, 0.15) is 26.2 Å². The molecule has 1 aliphatic heterocycles. The fourth-order valence-electron chi connectivity index (χ4n) is 2.16. The van der Waals surface area contributed by atoms with Crippen molar-refractivity contribution in [2.24, 2.45) is 0 Å². The third-order valence-corrected chi connectivity index (χ3v) is 3.40. The molecule has 8 nitrogen and oxygen atoms in total. The Morgan fingerprint density at radius 2 is 2.05 bits per heavy atom. The van der Waals surface area contributed by atoms with Gasteiger partial charge in [0.25, 0.3) is 0 Å². The molecule has 1 aliphatic rings. The molecule has 20 heavy (non-hydrogen) atoms. The molecule has 1 saturated heterocycles. The number of likely N-dealkylation sites (N-methyl/N-ethyl adjacent to an activating group) is 1. The number of carboxylic acids is 2. The zero-order valence-electron chi connectivity index (χ0n) is 11.5. The number of ether oxygens (including phenoxy) is 1. The van der Waals surface area contributed by atoms with Gasteiger partial charge in [0.1, 0.15) is 6.04 Å². The second-order valence-corrected chi connectivity index (χ2v) is 4.82. The number of nitrogens with zero attached hydrogens (tertiary/aromatic N) is 1. The summed E-state index contributed by atoms with van der Waals surface area (Å²) in [5, 5.41) is 19.9. The first-order valence-electron chi connectivity index (χ1n) is 6.42. The van der Waals surface area contributed by atoms with Crippen LogP contribution in [0.2, 0.25) is 0 Å². The highest BCUT2D eigenvalue weighted by atomic mass is 16.5. The van der Waals surface area contributed by atoms with Crippen LogP contribution in [0, 0.1) is 0 Å². The minimum atomic E-state index is -1.25. The molecule has 0 aromatic rings. The van der Waals surface area contributed by atoms with E-state index >= 15 is 0 Å². The molecule has 0 spiro atoms. The maximum atomic E-state index is 12.0. The van der Waals surface area contributed by atoms with Crippen molar-refractivity contribution in [3.05, 3.63) is 0 Å². The molecule has 2 amide bonds. The van der Waals surface area contributed by atoms with Crippen LogP contribution in [0.5, 0.6) is 0 Å². The molecule has 8 heteroatoms. The Hall–Kier alpha value is -1.83. The van der Waals surface area contributed by atoms with Gasteiger partial charge in [0.05, 0.1) is 12.1 Å². The van der Waals surface area contributed by atoms with Crippen LogP contribution in [0.3, 0.4) is 0 Å². The Bertz CT molecular complexity index is 386. The normalized spacial score (nSPS) is 23.1. The summed E-state index contributed by atoms with van der Waals surface area (Å²) in [5.74, 6) is -2.35. The number of carbonyl (C=O) groups excluding carboxylic acids is 1. The molecule has 1 heterocycles. The summed E-state index contributed by atoms with van der Waals surface area (Å²) in [6.45, 7) is 2.41. The molecular formula is C12H20N2O6. The Balaban J connectivity index is 2.56. The van der Waals surface area contributed by atoms with Gasteiger partial charge in [-0.1, -0.05) is 0 Å². The summed E-state index contributed by atoms with van der Waals surface area (Å²) in [7, 11) is 1.57. The molecule has 1 rings (SSSR count). The van der Waals surface area contributed by atoms with Gasteiger partial charge in [-0.05, 0) is 19.8 Å². The number of aliphatic carboxylic acids is 2. The van der Waals surface area contributed by atoms with Crippen molar-refractivity contribution in [1.29, 1.82) is 0 Å². The highest BCUT2D eigenvalue weighted by molar-refractivity contribution is 5.83. The highest BCUT2D eigenvalue weighted by Gasteiger charge is 2.32. The largest absolute Gasteiger partial charge is 0.481 e. The Kier molecular flexibility index (Phi) is 5.75. The van der Waals surface area contributed by atoms with Gasteiger partial charge in [0, 0.05) is 20.1 Å². The van der Waals surface area contributed by atoms with Crippen molar-refractivity contribution in [3.8, 4) is 0 Å². The number of amides is 2. The van der Waals surface area contributed by atoms with Crippen molar-refractivity contribution in [2.45, 2.75) is 44.4 Å². The Labute approximate surface area is 116 Å². The SMILES string of the molecule is CC1OCCC1N(C)C(=O)N[C@@H](CCC(=O)O)C(=O)O. The van der Waals surface area contributed by atoms with Gasteiger partial charge >= 0.3 is 18.0 Å². The molecule has 0 radical (unpaired) electrons. The number of rotatable bonds is 6. The fraction of sp³-hybridized carbons (Fsp3) is 0.750. The predicted octanol–water partition coefficient (Wildman–Crippen LogP) is 0.123. The number of carbonyl (C=O) groups is 3. The lowest BCUT2D eigenvalue weighted by molar-refractivity contribution is -0.140. The number of hydrogen-bond acceptors (Lipinski definition) is 4. The summed E-state index contributed by atoms with van der Waals surface area (Å²) >= 11 is 0. The van der Waals surface area contributed by atoms with Crippen molar-refractivity contribution in [1.82, 2.24) is 10.2 Å². The van der Waals surface area contributed by atoms with E-state index in [0.717, 1.165) is 0 Å². The maximum Gasteiger partial charge on any atom is 0.326 e. The van der Waals surface area contributed by atoms with Crippen molar-refractivity contribution in [2.75, 3.05) is 13.7 Å². The average Bonchev–Trinajstić information content (AvgIpc) is 2.78. The van der Waals surface area contributed by atoms with Gasteiger partial charge in [-0.3, -0.25) is 4.79 Å². The zero-order valence-corrected chi connectivity index (χ0v) is 11.5. The summed E-state index contributed by atoms with van der Waals surface area (Å²) in [5.41, 5.74) is 0. The number of hydrogen-bond donors (Lipinski definition) is 3. The zero-order chi connectivity index (χ0) is 15.3. The van der Waals surface area contributed by atoms with Crippen LogP contribution >= 0.6 is 0 Å². The minimum Gasteiger partial charge on any atom is -0.481 e. The average molecular weight is 288 g/mol. The fourth-order valence-corrected chi connectivity index (χ4v) is 2.16. The number of urea groups is 1. The van der Waals surface area contributed by atoms with Crippen molar-refractivity contribution < 1.29 is 29.3 Å². The topological polar surface area (TPSA) is 116 Å². The molecule has 0 aromatic heterocycles. The van der Waals surface area contributed by atoms with Gasteiger partial charge in [-0.2, -0.15) is 0 Å². The van der Waals surface area contributed by atoms with E-state index in [9.17, 15) is 14.4 Å². The monoisotopic (exact) mass is 288 g/mol. The van der Waals surface area contributed by atoms with Gasteiger partial charge in [-0.25, -0.2) is 9.59 Å². The molecule has 0 saturated carbocycles. The van der Waals surface area contributed by atoms with Crippen LogP contribution in [0.25, 0.3) is 0 Å². The summed E-state index contributed by atoms with van der Waals surface area (Å²) in [6.07, 6.45) is 0.121. The van der Waals surface area contributed by atoms with Gasteiger partial charge < -0.3 is 25.2 Å². The van der Waals surface area contributed by atoms with Crippen LogP contribution in [0.15, 0.2) is 0 Å². The maximum absolute atomic E-state index is 12.0. The molecule has 0 aromatic carbocycles. The lowest BCUT2D eigenvalue weighted by Crippen LogP contribution is -2.51. The second-order valence-electron chi connectivity index (χ2n) is 4.82. The third-order valence-electron chi connectivity index (χ3n) is 3.40. The van der Waals surface area contributed by atoms with Gasteiger partial charge in [0.15, 0.2) is 0 Å². The van der Waals surface area contributed by atoms with Gasteiger partial charge in [-0.15, -0.1) is 0 Å². The predicted molar refractivity (Wildman–Crippen MR) is 68.4 cm³/mol. The molecule has 114 valence electrons. The first kappa shape index (κ1) is 16.2. The molecule has 3 N–H and O–H groups in total. The van der Waals surface area contributed by atoms with E-state index in [0.29, 0.717) is 13.0 Å². The lowest BCUT2D eigenvalue weighted by atomic mass is 10.1. The Morgan fingerprint density at radius 1 is 1.40 bits per heavy atom. The lowest BCUT2D eigenvalue weighted by Gasteiger charge is -2.28. The Morgan fingerprint density at radius 3 is 2.50 bits per heavy atom. The number of nitrogens with one attached hydrogen (secondary N) is 1. The third kappa shape index (κ3) is 4.37. The first-order chi connectivity index (χ1) is 9.32. The summed E-state index contributed by atoms with van der Waals surface area (Å²) < 4.78 is 5.35. The van der Waals surface area contributed by atoms with Crippen LogP contribution in [0.4, 0.5) is 4.79 Å². The quantitative estimate of drug-likeness (QED) is 0.639. The van der Waals surface area contributed by atoms with E-state index < -0.39 is 24.0 Å². The van der Waals surface area contributed by atoms with E-state index in [2.05, 4.69) is 5.32 Å². The molecule has 3 atom stereocenters. The summed E-state index contributed by atoms with van der Waals surface area (Å²) in [4.78, 5) is 34.9. The van der Waals surface area contributed by atoms with E-state index in [4.69, 9.17) is 14.9 Å². The second kappa shape index (κ2) is 7.09. The molecule has 1 fully saturated rings.